The zero-order valence-corrected chi connectivity index (χ0v) is 17.7. The fourth-order valence-corrected chi connectivity index (χ4v) is 6.70. The van der Waals surface area contributed by atoms with Gasteiger partial charge in [-0.1, -0.05) is 0 Å². The fraction of sp³-hybridized carbons (Fsp3) is 0.143. The first kappa shape index (κ1) is 17.5. The van der Waals surface area contributed by atoms with E-state index in [1.54, 1.807) is 0 Å². The summed E-state index contributed by atoms with van der Waals surface area (Å²) in [5.41, 5.74) is 5.12. The number of rotatable bonds is 5. The van der Waals surface area contributed by atoms with Crippen molar-refractivity contribution in [2.24, 2.45) is 0 Å². The summed E-state index contributed by atoms with van der Waals surface area (Å²) in [7, 11) is 0. The molecule has 0 atom stereocenters. The van der Waals surface area contributed by atoms with Gasteiger partial charge in [0, 0.05) is 0 Å². The van der Waals surface area contributed by atoms with Crippen molar-refractivity contribution in [3.8, 4) is 20.0 Å². The van der Waals surface area contributed by atoms with Gasteiger partial charge < -0.3 is 0 Å². The summed E-state index contributed by atoms with van der Waals surface area (Å²) in [6.07, 6.45) is 3.52. The molecule has 26 heavy (non-hydrogen) atoms. The van der Waals surface area contributed by atoms with Gasteiger partial charge in [-0.3, -0.25) is 0 Å². The van der Waals surface area contributed by atoms with Crippen LogP contribution in [0, 0.1) is 0 Å². The Bertz CT molecular complexity index is 999. The summed E-state index contributed by atoms with van der Waals surface area (Å²) < 4.78 is 2.63. The van der Waals surface area contributed by atoms with Crippen LogP contribution in [0.25, 0.3) is 25.6 Å². The summed E-state index contributed by atoms with van der Waals surface area (Å²) in [5, 5.41) is 2.39. The van der Waals surface area contributed by atoms with Crippen LogP contribution in [0.4, 0.5) is 0 Å². The number of hydrogen-bond acceptors (Lipinski definition) is 2. The predicted octanol–water partition coefficient (Wildman–Crippen LogP) is 3.13. The van der Waals surface area contributed by atoms with Gasteiger partial charge in [0.1, 0.15) is 0 Å². The van der Waals surface area contributed by atoms with E-state index in [-0.39, 0.29) is 26.3 Å². The van der Waals surface area contributed by atoms with Crippen LogP contribution in [0.3, 0.4) is 0 Å². The average molecular weight is 473 g/mol. The molecule has 3 heterocycles. The third-order valence-corrected chi connectivity index (χ3v) is 8.12. The van der Waals surface area contributed by atoms with Crippen molar-refractivity contribution in [3.05, 3.63) is 63.5 Å². The molecule has 2 amide bonds. The molecule has 3 aromatic rings. The number of nitrogens with one attached hydrogen (secondary N) is 1. The van der Waals surface area contributed by atoms with E-state index in [1.807, 2.05) is 6.07 Å². The first-order valence-electron chi connectivity index (χ1n) is 8.50. The molecular formula is C21H17NO2Se2. The summed E-state index contributed by atoms with van der Waals surface area (Å²) >= 11 is 0.547. The Morgan fingerprint density at radius 3 is 2.15 bits per heavy atom. The first-order valence-corrected chi connectivity index (χ1v) is 12.2. The Morgan fingerprint density at radius 2 is 1.62 bits per heavy atom. The van der Waals surface area contributed by atoms with E-state index in [9.17, 15) is 9.59 Å². The normalized spacial score (nSPS) is 13.8. The first-order chi connectivity index (χ1) is 12.7. The molecule has 1 aromatic carbocycles. The Labute approximate surface area is 164 Å². The van der Waals surface area contributed by atoms with Gasteiger partial charge in [-0.15, -0.1) is 0 Å². The molecule has 0 bridgehead atoms. The maximum atomic E-state index is 12.3. The molecule has 0 spiro atoms. The second-order valence-corrected chi connectivity index (χ2v) is 10.1. The van der Waals surface area contributed by atoms with Gasteiger partial charge in [0.05, 0.1) is 0 Å². The van der Waals surface area contributed by atoms with Gasteiger partial charge in [-0.25, -0.2) is 0 Å². The fourth-order valence-electron chi connectivity index (χ4n) is 3.34. The predicted molar refractivity (Wildman–Crippen MR) is 106 cm³/mol. The SMILES string of the molecule is CCCc1ccc(C2=CC(=O)NC2=O)c(-c2ccc[se]2)c1-c1ccc[se]1. The monoisotopic (exact) mass is 475 g/mol. The van der Waals surface area contributed by atoms with Gasteiger partial charge in [0.25, 0.3) is 0 Å². The average Bonchev–Trinajstić information content (AvgIpc) is 3.36. The maximum absolute atomic E-state index is 12.3. The van der Waals surface area contributed by atoms with Crippen LogP contribution in [-0.2, 0) is 16.0 Å². The molecule has 2 aromatic heterocycles. The Balaban J connectivity index is 2.05. The van der Waals surface area contributed by atoms with Crippen molar-refractivity contribution in [2.75, 3.05) is 0 Å². The van der Waals surface area contributed by atoms with E-state index in [0.29, 0.717) is 20.1 Å². The molecule has 0 fully saturated rings. The van der Waals surface area contributed by atoms with Crippen LogP contribution < -0.4 is 5.32 Å². The minimum atomic E-state index is -0.329. The van der Waals surface area contributed by atoms with E-state index in [0.717, 1.165) is 24.0 Å². The topological polar surface area (TPSA) is 46.2 Å². The molecule has 1 aliphatic rings. The van der Waals surface area contributed by atoms with Gasteiger partial charge >= 0.3 is 165 Å². The van der Waals surface area contributed by atoms with Crippen molar-refractivity contribution in [2.45, 2.75) is 19.8 Å². The van der Waals surface area contributed by atoms with Crippen LogP contribution in [0.15, 0.2) is 52.4 Å². The zero-order valence-electron chi connectivity index (χ0n) is 14.2. The van der Waals surface area contributed by atoms with Gasteiger partial charge in [-0.05, 0) is 0 Å². The van der Waals surface area contributed by atoms with Gasteiger partial charge in [0.15, 0.2) is 0 Å². The van der Waals surface area contributed by atoms with Crippen LogP contribution in [0.5, 0.6) is 0 Å². The van der Waals surface area contributed by atoms with E-state index in [2.05, 4.69) is 52.5 Å². The van der Waals surface area contributed by atoms with E-state index >= 15 is 0 Å². The van der Waals surface area contributed by atoms with Crippen LogP contribution in [-0.4, -0.2) is 40.8 Å². The number of aryl methyl sites for hydroxylation is 1. The standard InChI is InChI=1S/C21H17NO2Se2/c1-2-5-13-8-9-14(15-12-18(23)22-21(15)24)20(17-7-4-11-26-17)19(13)16-6-3-10-25-16/h3-4,6-12H,2,5H2,1H3,(H,22,23,24). The number of carbonyl (C=O) groups is 2. The number of carbonyl (C=O) groups excluding carboxylic acids is 2. The zero-order chi connectivity index (χ0) is 18.1. The van der Waals surface area contributed by atoms with Crippen molar-refractivity contribution in [1.82, 2.24) is 5.32 Å². The molecule has 0 saturated carbocycles. The van der Waals surface area contributed by atoms with Crippen molar-refractivity contribution in [3.63, 3.8) is 0 Å². The van der Waals surface area contributed by atoms with Gasteiger partial charge in [0.2, 0.25) is 0 Å². The van der Waals surface area contributed by atoms with Crippen LogP contribution in [0.2, 0.25) is 0 Å². The second kappa shape index (κ2) is 7.38. The number of hydrogen-bond donors (Lipinski definition) is 1. The second-order valence-electron chi connectivity index (χ2n) is 6.10. The molecular weight excluding hydrogens is 456 g/mol. The van der Waals surface area contributed by atoms with Crippen LogP contribution >= 0.6 is 0 Å². The Kier molecular flexibility index (Phi) is 4.97. The number of amides is 2. The van der Waals surface area contributed by atoms with Crippen molar-refractivity contribution >= 4 is 46.4 Å². The van der Waals surface area contributed by atoms with E-state index < -0.39 is 0 Å². The Hall–Kier alpha value is -1.90. The third-order valence-electron chi connectivity index (χ3n) is 4.39. The minimum absolute atomic E-state index is 0.244. The van der Waals surface area contributed by atoms with Crippen molar-refractivity contribution in [1.29, 1.82) is 0 Å². The molecule has 0 radical (unpaired) electrons. The van der Waals surface area contributed by atoms with E-state index in [4.69, 9.17) is 0 Å². The van der Waals surface area contributed by atoms with E-state index in [1.165, 1.54) is 26.1 Å². The third kappa shape index (κ3) is 3.13. The van der Waals surface area contributed by atoms with Crippen LogP contribution in [0.1, 0.15) is 24.5 Å². The van der Waals surface area contributed by atoms with Crippen molar-refractivity contribution < 1.29 is 9.59 Å². The Morgan fingerprint density at radius 1 is 0.923 bits per heavy atom. The molecule has 0 unspecified atom stereocenters. The quantitative estimate of drug-likeness (QED) is 0.458. The molecule has 5 heteroatoms. The summed E-state index contributed by atoms with van der Waals surface area (Å²) in [4.78, 5) is 28.5. The number of imide groups is 1. The molecule has 1 aliphatic heterocycles. The summed E-state index contributed by atoms with van der Waals surface area (Å²) in [6, 6.07) is 12.7. The molecule has 3 nitrogen and oxygen atoms in total. The molecule has 0 aliphatic carbocycles. The molecule has 0 saturated heterocycles. The molecule has 4 rings (SSSR count). The summed E-state index contributed by atoms with van der Waals surface area (Å²) in [5.74, 6) is -0.626. The van der Waals surface area contributed by atoms with Gasteiger partial charge in [-0.2, -0.15) is 0 Å². The summed E-state index contributed by atoms with van der Waals surface area (Å²) in [6.45, 7) is 2.19. The number of benzene rings is 1. The molecule has 130 valence electrons. The molecule has 1 N–H and O–H groups in total.